The minimum atomic E-state index is -4.41. The summed E-state index contributed by atoms with van der Waals surface area (Å²) in [5, 5.41) is 10.5. The van der Waals surface area contributed by atoms with Crippen molar-refractivity contribution in [1.82, 2.24) is 4.90 Å². The van der Waals surface area contributed by atoms with Crippen LogP contribution in [0.4, 0.5) is 18.9 Å². The molecule has 0 saturated carbocycles. The van der Waals surface area contributed by atoms with Gasteiger partial charge < -0.3 is 4.90 Å². The lowest BCUT2D eigenvalue weighted by Gasteiger charge is -2.24. The first-order valence-electron chi connectivity index (χ1n) is 8.07. The lowest BCUT2D eigenvalue weighted by molar-refractivity contribution is -0.384. The number of thioether (sulfide) groups is 1. The van der Waals surface area contributed by atoms with Gasteiger partial charge in [0.2, 0.25) is 5.91 Å². The van der Waals surface area contributed by atoms with Crippen molar-refractivity contribution in [2.24, 2.45) is 0 Å². The van der Waals surface area contributed by atoms with Crippen molar-refractivity contribution in [3.8, 4) is 0 Å². The van der Waals surface area contributed by atoms with Crippen LogP contribution in [0, 0.1) is 10.1 Å². The van der Waals surface area contributed by atoms with Gasteiger partial charge in [-0.05, 0) is 35.4 Å². The third-order valence-electron chi connectivity index (χ3n) is 4.24. The number of benzene rings is 2. The fourth-order valence-corrected chi connectivity index (χ4v) is 4.13. The van der Waals surface area contributed by atoms with Crippen LogP contribution in [0.1, 0.15) is 22.1 Å². The van der Waals surface area contributed by atoms with Crippen molar-refractivity contribution in [2.75, 3.05) is 12.3 Å². The summed E-state index contributed by atoms with van der Waals surface area (Å²) in [4.78, 5) is 24.6. The number of hydrogen-bond donors (Lipinski definition) is 0. The second-order valence-electron chi connectivity index (χ2n) is 6.03. The van der Waals surface area contributed by atoms with Crippen LogP contribution in [-0.2, 0) is 17.4 Å². The average Bonchev–Trinajstić information content (AvgIpc) is 3.11. The van der Waals surface area contributed by atoms with E-state index >= 15 is 0 Å². The van der Waals surface area contributed by atoms with Crippen molar-refractivity contribution in [2.45, 2.75) is 18.0 Å². The zero-order chi connectivity index (χ0) is 19.6. The van der Waals surface area contributed by atoms with Gasteiger partial charge in [-0.3, -0.25) is 14.9 Å². The van der Waals surface area contributed by atoms with E-state index in [1.807, 2.05) is 0 Å². The molecule has 9 heteroatoms. The molecule has 1 atom stereocenters. The molecular formula is C18H15F3N2O3S. The Kier molecular flexibility index (Phi) is 5.41. The minimum Gasteiger partial charge on any atom is -0.325 e. The molecule has 0 spiro atoms. The summed E-state index contributed by atoms with van der Waals surface area (Å²) in [7, 11) is 0. The first kappa shape index (κ1) is 19.2. The van der Waals surface area contributed by atoms with Crippen LogP contribution in [0.25, 0.3) is 0 Å². The van der Waals surface area contributed by atoms with E-state index in [4.69, 9.17) is 0 Å². The van der Waals surface area contributed by atoms with Gasteiger partial charge in [0.1, 0.15) is 5.37 Å². The highest BCUT2D eigenvalue weighted by Gasteiger charge is 2.32. The molecule has 2 aromatic carbocycles. The lowest BCUT2D eigenvalue weighted by atomic mass is 10.1. The number of hydrogen-bond acceptors (Lipinski definition) is 4. The van der Waals surface area contributed by atoms with Gasteiger partial charge in [0.15, 0.2) is 0 Å². The van der Waals surface area contributed by atoms with Gasteiger partial charge in [-0.15, -0.1) is 11.8 Å². The van der Waals surface area contributed by atoms with E-state index in [1.165, 1.54) is 24.3 Å². The summed E-state index contributed by atoms with van der Waals surface area (Å²) in [5.74, 6) is 0.531. The Morgan fingerprint density at radius 2 is 1.78 bits per heavy atom. The second-order valence-corrected chi connectivity index (χ2v) is 7.22. The van der Waals surface area contributed by atoms with Crippen LogP contribution in [0.2, 0.25) is 0 Å². The van der Waals surface area contributed by atoms with Crippen LogP contribution in [0.15, 0.2) is 48.5 Å². The number of rotatable bonds is 4. The Bertz CT molecular complexity index is 838. The number of carbonyl (C=O) groups is 1. The summed E-state index contributed by atoms with van der Waals surface area (Å²) in [6, 6.07) is 10.6. The maximum absolute atomic E-state index is 12.6. The highest BCUT2D eigenvalue weighted by atomic mass is 32.2. The summed E-state index contributed by atoms with van der Waals surface area (Å²) in [6.45, 7) is 0.520. The van der Waals surface area contributed by atoms with Gasteiger partial charge >= 0.3 is 6.18 Å². The molecule has 1 fully saturated rings. The van der Waals surface area contributed by atoms with Crippen LogP contribution in [0.3, 0.4) is 0 Å². The molecule has 1 amide bonds. The van der Waals surface area contributed by atoms with E-state index in [1.54, 1.807) is 28.8 Å². The van der Waals surface area contributed by atoms with E-state index in [9.17, 15) is 28.1 Å². The van der Waals surface area contributed by atoms with E-state index in [-0.39, 0.29) is 23.4 Å². The van der Waals surface area contributed by atoms with Crippen molar-refractivity contribution in [1.29, 1.82) is 0 Å². The number of non-ortho nitro benzene ring substituents is 1. The minimum absolute atomic E-state index is 0.00216. The Labute approximate surface area is 157 Å². The predicted molar refractivity (Wildman–Crippen MR) is 95.2 cm³/mol. The molecule has 1 heterocycles. The molecular weight excluding hydrogens is 381 g/mol. The third kappa shape index (κ3) is 4.41. The van der Waals surface area contributed by atoms with E-state index < -0.39 is 16.7 Å². The molecule has 1 unspecified atom stereocenters. The van der Waals surface area contributed by atoms with Crippen molar-refractivity contribution in [3.63, 3.8) is 0 Å². The zero-order valence-electron chi connectivity index (χ0n) is 14.0. The largest absolute Gasteiger partial charge is 0.416 e. The zero-order valence-corrected chi connectivity index (χ0v) is 14.8. The fourth-order valence-electron chi connectivity index (χ4n) is 2.85. The molecule has 1 saturated heterocycles. The first-order valence-corrected chi connectivity index (χ1v) is 9.12. The van der Waals surface area contributed by atoms with Crippen molar-refractivity contribution in [3.05, 3.63) is 75.3 Å². The highest BCUT2D eigenvalue weighted by Crippen LogP contribution is 2.38. The molecule has 0 aliphatic carbocycles. The van der Waals surface area contributed by atoms with Crippen LogP contribution >= 0.6 is 11.8 Å². The molecule has 27 heavy (non-hydrogen) atoms. The maximum atomic E-state index is 12.6. The van der Waals surface area contributed by atoms with Gasteiger partial charge in [-0.25, -0.2) is 0 Å². The first-order chi connectivity index (χ1) is 12.8. The summed E-state index contributed by atoms with van der Waals surface area (Å²) < 4.78 is 37.9. The van der Waals surface area contributed by atoms with Gasteiger partial charge in [0, 0.05) is 24.4 Å². The van der Waals surface area contributed by atoms with Crippen molar-refractivity contribution >= 4 is 23.4 Å². The molecule has 3 rings (SSSR count). The number of alkyl halides is 3. The third-order valence-corrected chi connectivity index (χ3v) is 5.50. The molecule has 142 valence electrons. The average molecular weight is 396 g/mol. The Morgan fingerprint density at radius 1 is 1.15 bits per heavy atom. The normalized spacial score (nSPS) is 17.1. The Balaban J connectivity index is 1.71. The van der Waals surface area contributed by atoms with Crippen LogP contribution in [0.5, 0.6) is 0 Å². The highest BCUT2D eigenvalue weighted by molar-refractivity contribution is 7.99. The molecule has 0 bridgehead atoms. The number of nitro benzene ring substituents is 1. The fraction of sp³-hybridized carbons (Fsp3) is 0.278. The van der Waals surface area contributed by atoms with Crippen LogP contribution in [-0.4, -0.2) is 28.0 Å². The van der Waals surface area contributed by atoms with Gasteiger partial charge in [0.25, 0.3) is 5.69 Å². The number of nitrogens with zero attached hydrogens (tertiary/aromatic N) is 2. The standard InChI is InChI=1S/C18H15F3N2O3S/c19-18(20,21)14-5-1-12(2-6-14)11-16(24)22-9-10-27-17(22)13-3-7-15(8-4-13)23(25)26/h1-8,17H,9-11H2. The van der Waals surface area contributed by atoms with Gasteiger partial charge in [0.05, 0.1) is 16.9 Å². The molecule has 2 aromatic rings. The van der Waals surface area contributed by atoms with E-state index in [0.717, 1.165) is 23.4 Å². The Hall–Kier alpha value is -2.55. The SMILES string of the molecule is O=C(Cc1ccc(C(F)(F)F)cc1)N1CCSC1c1ccc([N+](=O)[O-])cc1. The Morgan fingerprint density at radius 3 is 2.33 bits per heavy atom. The smallest absolute Gasteiger partial charge is 0.325 e. The van der Waals surface area contributed by atoms with Crippen molar-refractivity contribution < 1.29 is 22.9 Å². The van der Waals surface area contributed by atoms with E-state index in [2.05, 4.69) is 0 Å². The molecule has 5 nitrogen and oxygen atoms in total. The lowest BCUT2D eigenvalue weighted by Crippen LogP contribution is -2.31. The molecule has 1 aliphatic heterocycles. The number of halogens is 3. The molecule has 1 aliphatic rings. The maximum Gasteiger partial charge on any atom is 0.416 e. The quantitative estimate of drug-likeness (QED) is 0.567. The molecule has 0 radical (unpaired) electrons. The second kappa shape index (κ2) is 7.59. The summed E-state index contributed by atoms with van der Waals surface area (Å²) in [5.41, 5.74) is 0.514. The monoisotopic (exact) mass is 396 g/mol. The van der Waals surface area contributed by atoms with Gasteiger partial charge in [-0.2, -0.15) is 13.2 Å². The molecule has 0 aromatic heterocycles. The number of nitro groups is 1. The summed E-state index contributed by atoms with van der Waals surface area (Å²) >= 11 is 1.55. The number of carbonyl (C=O) groups excluding carboxylic acids is 1. The number of amides is 1. The summed E-state index contributed by atoms with van der Waals surface area (Å²) in [6.07, 6.45) is -4.41. The molecule has 0 N–H and O–H groups in total. The van der Waals surface area contributed by atoms with E-state index in [0.29, 0.717) is 12.1 Å². The topological polar surface area (TPSA) is 63.5 Å². The van der Waals surface area contributed by atoms with Crippen LogP contribution < -0.4 is 0 Å². The van der Waals surface area contributed by atoms with Gasteiger partial charge in [-0.1, -0.05) is 12.1 Å². The predicted octanol–water partition coefficient (Wildman–Crippen LogP) is 4.43.